The molecule has 0 fully saturated rings. The van der Waals surface area contributed by atoms with E-state index >= 15 is 0 Å². The summed E-state index contributed by atoms with van der Waals surface area (Å²) < 4.78 is 0. The molecule has 0 atom stereocenters. The lowest BCUT2D eigenvalue weighted by Crippen LogP contribution is -2.17. The van der Waals surface area contributed by atoms with Crippen molar-refractivity contribution in [3.05, 3.63) is 131 Å². The van der Waals surface area contributed by atoms with E-state index in [9.17, 15) is 0 Å². The van der Waals surface area contributed by atoms with Gasteiger partial charge in [0, 0.05) is 13.1 Å². The quantitative estimate of drug-likeness (QED) is 0.216. The summed E-state index contributed by atoms with van der Waals surface area (Å²) in [7, 11) is 2.10. The Bertz CT molecular complexity index is 1090. The van der Waals surface area contributed by atoms with Crippen LogP contribution in [0.25, 0.3) is 0 Å². The zero-order valence-corrected chi connectivity index (χ0v) is 19.1. The lowest BCUT2D eigenvalue weighted by Gasteiger charge is -2.17. The standard InChI is InChI=1S/C29H27N3O2/c1-32(22-26-12-16-28(17-13-26)33-30-20-24-8-4-2-5-9-24)23-27-14-18-29(19-15-27)34-31-21-25-10-6-3-7-11-25/h2-21H,22-23H2,1H3/b30-20+,31-21+. The molecule has 5 heteroatoms. The number of rotatable bonds is 10. The van der Waals surface area contributed by atoms with Crippen LogP contribution in [0.4, 0.5) is 0 Å². The molecule has 4 aromatic rings. The Morgan fingerprint density at radius 2 is 0.941 bits per heavy atom. The molecule has 0 saturated heterocycles. The summed E-state index contributed by atoms with van der Waals surface area (Å²) in [5.74, 6) is 1.42. The van der Waals surface area contributed by atoms with Gasteiger partial charge in [0.15, 0.2) is 11.5 Å². The molecule has 0 spiro atoms. The van der Waals surface area contributed by atoms with E-state index in [1.165, 1.54) is 11.1 Å². The topological polar surface area (TPSA) is 46.4 Å². The first-order valence-electron chi connectivity index (χ1n) is 11.1. The third-order valence-corrected chi connectivity index (χ3v) is 5.07. The Labute approximate surface area is 200 Å². The highest BCUT2D eigenvalue weighted by Gasteiger charge is 2.04. The molecular formula is C29H27N3O2. The molecule has 0 aromatic heterocycles. The van der Waals surface area contributed by atoms with Crippen LogP contribution in [-0.2, 0) is 13.1 Å². The number of nitrogens with zero attached hydrogens (tertiary/aromatic N) is 3. The van der Waals surface area contributed by atoms with E-state index < -0.39 is 0 Å². The largest absolute Gasteiger partial charge is 0.357 e. The van der Waals surface area contributed by atoms with Crippen LogP contribution in [0.3, 0.4) is 0 Å². The molecule has 4 aromatic carbocycles. The van der Waals surface area contributed by atoms with Gasteiger partial charge in [-0.1, -0.05) is 95.2 Å². The van der Waals surface area contributed by atoms with Crippen LogP contribution >= 0.6 is 0 Å². The average Bonchev–Trinajstić information content (AvgIpc) is 2.87. The van der Waals surface area contributed by atoms with Gasteiger partial charge in [0.2, 0.25) is 0 Å². The monoisotopic (exact) mass is 449 g/mol. The van der Waals surface area contributed by atoms with Gasteiger partial charge in [0.25, 0.3) is 0 Å². The third kappa shape index (κ3) is 7.43. The number of oxime groups is 2. The fourth-order valence-corrected chi connectivity index (χ4v) is 3.37. The highest BCUT2D eigenvalue weighted by atomic mass is 16.6. The SMILES string of the molecule is CN(Cc1ccc(O/N=C/c2ccccc2)cc1)Cc1ccc(O/N=C/c2ccccc2)cc1. The molecule has 4 rings (SSSR count). The second-order valence-corrected chi connectivity index (χ2v) is 7.93. The molecule has 34 heavy (non-hydrogen) atoms. The summed E-state index contributed by atoms with van der Waals surface area (Å²) in [5, 5.41) is 8.09. The minimum absolute atomic E-state index is 0.712. The number of benzene rings is 4. The van der Waals surface area contributed by atoms with Crippen LogP contribution in [0.15, 0.2) is 120 Å². The molecule has 0 aliphatic rings. The van der Waals surface area contributed by atoms with Gasteiger partial charge in [0.1, 0.15) is 0 Å². The van der Waals surface area contributed by atoms with Gasteiger partial charge in [-0.25, -0.2) is 0 Å². The highest BCUT2D eigenvalue weighted by molar-refractivity contribution is 5.79. The van der Waals surface area contributed by atoms with Crippen molar-refractivity contribution in [1.82, 2.24) is 4.90 Å². The van der Waals surface area contributed by atoms with E-state index in [0.29, 0.717) is 11.5 Å². The Kier molecular flexibility index (Phi) is 8.19. The first-order chi connectivity index (χ1) is 16.7. The van der Waals surface area contributed by atoms with Gasteiger partial charge in [0.05, 0.1) is 12.4 Å². The van der Waals surface area contributed by atoms with Crippen molar-refractivity contribution < 1.29 is 9.68 Å². The van der Waals surface area contributed by atoms with Crippen molar-refractivity contribution in [1.29, 1.82) is 0 Å². The molecular weight excluding hydrogens is 422 g/mol. The van der Waals surface area contributed by atoms with Crippen molar-refractivity contribution in [2.45, 2.75) is 13.1 Å². The molecule has 170 valence electrons. The molecule has 0 N–H and O–H groups in total. The Hall–Kier alpha value is -4.22. The maximum Gasteiger partial charge on any atom is 0.157 e. The van der Waals surface area contributed by atoms with Crippen molar-refractivity contribution >= 4 is 12.4 Å². The number of hydrogen-bond acceptors (Lipinski definition) is 5. The van der Waals surface area contributed by atoms with Gasteiger partial charge in [-0.2, -0.15) is 0 Å². The second kappa shape index (κ2) is 12.1. The Balaban J connectivity index is 1.22. The highest BCUT2D eigenvalue weighted by Crippen LogP contribution is 2.17. The van der Waals surface area contributed by atoms with Crippen molar-refractivity contribution in [3.8, 4) is 11.5 Å². The molecule has 0 bridgehead atoms. The lowest BCUT2D eigenvalue weighted by molar-refractivity contribution is 0.317. The second-order valence-electron chi connectivity index (χ2n) is 7.93. The van der Waals surface area contributed by atoms with E-state index in [1.54, 1.807) is 12.4 Å². The maximum atomic E-state index is 5.46. The van der Waals surface area contributed by atoms with E-state index in [0.717, 1.165) is 24.2 Å². The Morgan fingerprint density at radius 3 is 1.32 bits per heavy atom. The predicted octanol–water partition coefficient (Wildman–Crippen LogP) is 6.14. The summed E-state index contributed by atoms with van der Waals surface area (Å²) in [4.78, 5) is 13.2. The maximum absolute atomic E-state index is 5.46. The first kappa shape index (κ1) is 23.0. The Morgan fingerprint density at radius 1 is 0.559 bits per heavy atom. The minimum Gasteiger partial charge on any atom is -0.357 e. The van der Waals surface area contributed by atoms with Crippen molar-refractivity contribution in [3.63, 3.8) is 0 Å². The van der Waals surface area contributed by atoms with Gasteiger partial charge in [-0.3, -0.25) is 4.90 Å². The van der Waals surface area contributed by atoms with Crippen LogP contribution < -0.4 is 9.68 Å². The summed E-state index contributed by atoms with van der Waals surface area (Å²) >= 11 is 0. The lowest BCUT2D eigenvalue weighted by atomic mass is 10.1. The predicted molar refractivity (Wildman–Crippen MR) is 137 cm³/mol. The molecule has 0 heterocycles. The molecule has 0 radical (unpaired) electrons. The number of hydrogen-bond donors (Lipinski definition) is 0. The van der Waals surface area contributed by atoms with E-state index in [1.807, 2.05) is 84.9 Å². The van der Waals surface area contributed by atoms with Gasteiger partial charge >= 0.3 is 0 Å². The van der Waals surface area contributed by atoms with Crippen LogP contribution in [0.5, 0.6) is 11.5 Å². The van der Waals surface area contributed by atoms with Gasteiger partial charge in [-0.05, 0) is 53.6 Å². The fourth-order valence-electron chi connectivity index (χ4n) is 3.37. The minimum atomic E-state index is 0.712. The first-order valence-corrected chi connectivity index (χ1v) is 11.1. The van der Waals surface area contributed by atoms with Crippen LogP contribution in [0.2, 0.25) is 0 Å². The smallest absolute Gasteiger partial charge is 0.157 e. The normalized spacial score (nSPS) is 11.4. The van der Waals surface area contributed by atoms with Crippen LogP contribution in [-0.4, -0.2) is 24.4 Å². The van der Waals surface area contributed by atoms with Crippen molar-refractivity contribution in [2.24, 2.45) is 10.3 Å². The van der Waals surface area contributed by atoms with E-state index in [2.05, 4.69) is 46.5 Å². The zero-order chi connectivity index (χ0) is 23.4. The molecule has 5 nitrogen and oxygen atoms in total. The van der Waals surface area contributed by atoms with Crippen LogP contribution in [0.1, 0.15) is 22.3 Å². The zero-order valence-electron chi connectivity index (χ0n) is 19.1. The van der Waals surface area contributed by atoms with E-state index in [-0.39, 0.29) is 0 Å². The van der Waals surface area contributed by atoms with Gasteiger partial charge in [-0.15, -0.1) is 0 Å². The van der Waals surface area contributed by atoms with Crippen LogP contribution in [0, 0.1) is 0 Å². The molecule has 0 saturated carbocycles. The third-order valence-electron chi connectivity index (χ3n) is 5.07. The van der Waals surface area contributed by atoms with E-state index in [4.69, 9.17) is 9.68 Å². The average molecular weight is 450 g/mol. The molecule has 0 amide bonds. The summed E-state index contributed by atoms with van der Waals surface area (Å²) in [6, 6.07) is 35.7. The summed E-state index contributed by atoms with van der Waals surface area (Å²) in [6.45, 7) is 1.65. The van der Waals surface area contributed by atoms with Crippen molar-refractivity contribution in [2.75, 3.05) is 7.05 Å². The molecule has 0 unspecified atom stereocenters. The summed E-state index contributed by atoms with van der Waals surface area (Å²) in [5.41, 5.74) is 4.41. The van der Waals surface area contributed by atoms with Gasteiger partial charge < -0.3 is 9.68 Å². The fraction of sp³-hybridized carbons (Fsp3) is 0.103. The molecule has 0 aliphatic carbocycles. The summed E-state index contributed by atoms with van der Waals surface area (Å²) in [6.07, 6.45) is 3.40. The molecule has 0 aliphatic heterocycles.